The highest BCUT2D eigenvalue weighted by Crippen LogP contribution is 2.35. The van der Waals surface area contributed by atoms with E-state index >= 15 is 0 Å². The zero-order valence-electron chi connectivity index (χ0n) is 14.0. The fraction of sp³-hybridized carbons (Fsp3) is 0.611. The van der Waals surface area contributed by atoms with Crippen molar-refractivity contribution in [2.24, 2.45) is 17.1 Å². The topological polar surface area (TPSA) is 75.3 Å². The quantitative estimate of drug-likeness (QED) is 0.771. The van der Waals surface area contributed by atoms with Gasteiger partial charge in [-0.1, -0.05) is 57.0 Å². The van der Waals surface area contributed by atoms with Gasteiger partial charge in [-0.3, -0.25) is 4.79 Å². The van der Waals surface area contributed by atoms with Crippen LogP contribution in [0.5, 0.6) is 0 Å². The maximum Gasteiger partial charge on any atom is 0.224 e. The maximum atomic E-state index is 12.4. The Morgan fingerprint density at radius 3 is 2.65 bits per heavy atom. The molecule has 5 heteroatoms. The molecule has 1 fully saturated rings. The highest BCUT2D eigenvalue weighted by atomic mass is 35.5. The predicted octanol–water partition coefficient (Wildman–Crippen LogP) is 2.80. The van der Waals surface area contributed by atoms with Gasteiger partial charge in [0.1, 0.15) is 0 Å². The highest BCUT2D eigenvalue weighted by Gasteiger charge is 2.36. The molecule has 1 aliphatic carbocycles. The molecule has 4 N–H and O–H groups in total. The molecule has 0 bridgehead atoms. The largest absolute Gasteiger partial charge is 0.392 e. The lowest BCUT2D eigenvalue weighted by Crippen LogP contribution is -2.47. The third-order valence-electron chi connectivity index (χ3n) is 5.08. The normalized spacial score (nSPS) is 26.7. The number of aliphatic hydroxyl groups is 1. The van der Waals surface area contributed by atoms with Crippen LogP contribution in [0.4, 0.5) is 0 Å². The number of halogens is 1. The van der Waals surface area contributed by atoms with Crippen molar-refractivity contribution >= 4 is 18.3 Å². The lowest BCUT2D eigenvalue weighted by atomic mass is 9.73. The number of rotatable bonds is 5. The molecule has 4 atom stereocenters. The average molecular weight is 341 g/mol. The number of aliphatic hydroxyl groups excluding tert-OH is 1. The van der Waals surface area contributed by atoms with Crippen LogP contribution in [0.3, 0.4) is 0 Å². The molecule has 0 saturated heterocycles. The van der Waals surface area contributed by atoms with E-state index in [1.54, 1.807) is 0 Å². The second-order valence-electron chi connectivity index (χ2n) is 6.86. The third-order valence-corrected chi connectivity index (χ3v) is 5.08. The fourth-order valence-corrected chi connectivity index (χ4v) is 3.16. The molecule has 0 aromatic heterocycles. The van der Waals surface area contributed by atoms with Crippen LogP contribution in [0.25, 0.3) is 0 Å². The first kappa shape index (κ1) is 19.9. The number of hydrogen-bond acceptors (Lipinski definition) is 3. The molecule has 4 unspecified atom stereocenters. The summed E-state index contributed by atoms with van der Waals surface area (Å²) in [5, 5.41) is 13.2. The van der Waals surface area contributed by atoms with Crippen LogP contribution in [0.2, 0.25) is 0 Å². The predicted molar refractivity (Wildman–Crippen MR) is 95.4 cm³/mol. The van der Waals surface area contributed by atoms with Crippen LogP contribution in [0.1, 0.15) is 51.1 Å². The summed E-state index contributed by atoms with van der Waals surface area (Å²) in [4.78, 5) is 12.4. The van der Waals surface area contributed by atoms with E-state index < -0.39 is 0 Å². The summed E-state index contributed by atoms with van der Waals surface area (Å²) in [6.07, 6.45) is 3.63. The molecule has 2 rings (SSSR count). The van der Waals surface area contributed by atoms with Crippen molar-refractivity contribution in [1.29, 1.82) is 0 Å². The Bertz CT molecular complexity index is 497. The van der Waals surface area contributed by atoms with Crippen molar-refractivity contribution in [3.63, 3.8) is 0 Å². The van der Waals surface area contributed by atoms with Crippen LogP contribution in [0, 0.1) is 11.3 Å². The Labute approximate surface area is 145 Å². The monoisotopic (exact) mass is 340 g/mol. The Balaban J connectivity index is 0.00000264. The zero-order valence-corrected chi connectivity index (χ0v) is 14.8. The number of nitrogens with one attached hydrogen (secondary N) is 1. The van der Waals surface area contributed by atoms with Gasteiger partial charge in [0.2, 0.25) is 5.91 Å². The molecular weight excluding hydrogens is 312 g/mol. The van der Waals surface area contributed by atoms with Crippen LogP contribution in [-0.2, 0) is 4.79 Å². The van der Waals surface area contributed by atoms with Crippen molar-refractivity contribution in [3.8, 4) is 0 Å². The molecule has 4 nitrogen and oxygen atoms in total. The van der Waals surface area contributed by atoms with E-state index in [2.05, 4.69) is 12.2 Å². The first-order valence-corrected chi connectivity index (χ1v) is 8.20. The summed E-state index contributed by atoms with van der Waals surface area (Å²) in [7, 11) is 0. The molecule has 0 aliphatic heterocycles. The van der Waals surface area contributed by atoms with Gasteiger partial charge in [0, 0.05) is 18.0 Å². The van der Waals surface area contributed by atoms with Gasteiger partial charge >= 0.3 is 0 Å². The number of nitrogens with two attached hydrogens (primary N) is 1. The minimum Gasteiger partial charge on any atom is -0.392 e. The van der Waals surface area contributed by atoms with E-state index in [-0.39, 0.29) is 41.8 Å². The molecule has 1 aromatic rings. The number of hydrogen-bond donors (Lipinski definition) is 3. The van der Waals surface area contributed by atoms with Crippen LogP contribution in [0.15, 0.2) is 30.3 Å². The van der Waals surface area contributed by atoms with Gasteiger partial charge < -0.3 is 16.2 Å². The van der Waals surface area contributed by atoms with Crippen molar-refractivity contribution in [3.05, 3.63) is 35.9 Å². The molecule has 1 amide bonds. The van der Waals surface area contributed by atoms with E-state index in [0.29, 0.717) is 6.54 Å². The number of carbonyl (C=O) groups excluding carboxylic acids is 1. The van der Waals surface area contributed by atoms with Gasteiger partial charge in [-0.05, 0) is 18.4 Å². The van der Waals surface area contributed by atoms with Gasteiger partial charge in [-0.2, -0.15) is 0 Å². The molecule has 0 heterocycles. The van der Waals surface area contributed by atoms with E-state index in [0.717, 1.165) is 31.2 Å². The summed E-state index contributed by atoms with van der Waals surface area (Å²) in [6.45, 7) is 4.42. The van der Waals surface area contributed by atoms with Crippen molar-refractivity contribution < 1.29 is 9.90 Å². The SMILES string of the molecule is CC(C(=O)NCC1(C)CCCCC1O)C(N)c1ccccc1.Cl. The van der Waals surface area contributed by atoms with Gasteiger partial charge in [0.25, 0.3) is 0 Å². The average Bonchev–Trinajstić information content (AvgIpc) is 2.55. The minimum absolute atomic E-state index is 0. The highest BCUT2D eigenvalue weighted by molar-refractivity contribution is 5.85. The first-order valence-electron chi connectivity index (χ1n) is 8.20. The molecular formula is C18H29ClN2O2. The molecule has 1 aliphatic rings. The molecule has 130 valence electrons. The summed E-state index contributed by atoms with van der Waals surface area (Å²) in [5.74, 6) is -0.345. The van der Waals surface area contributed by atoms with Crippen molar-refractivity contribution in [2.45, 2.75) is 51.7 Å². The summed E-state index contributed by atoms with van der Waals surface area (Å²) >= 11 is 0. The molecule has 23 heavy (non-hydrogen) atoms. The summed E-state index contributed by atoms with van der Waals surface area (Å²) in [6, 6.07) is 9.37. The first-order chi connectivity index (χ1) is 10.4. The second-order valence-corrected chi connectivity index (χ2v) is 6.86. The van der Waals surface area contributed by atoms with E-state index in [9.17, 15) is 9.90 Å². The van der Waals surface area contributed by atoms with Gasteiger partial charge in [0.15, 0.2) is 0 Å². The second kappa shape index (κ2) is 8.67. The smallest absolute Gasteiger partial charge is 0.224 e. The van der Waals surface area contributed by atoms with Crippen molar-refractivity contribution in [2.75, 3.05) is 6.54 Å². The number of amides is 1. The van der Waals surface area contributed by atoms with Crippen LogP contribution < -0.4 is 11.1 Å². The number of benzene rings is 1. The Kier molecular flexibility index (Phi) is 7.52. The maximum absolute atomic E-state index is 12.4. The van der Waals surface area contributed by atoms with E-state index in [1.807, 2.05) is 37.3 Å². The molecule has 0 spiro atoms. The van der Waals surface area contributed by atoms with Crippen LogP contribution in [-0.4, -0.2) is 23.7 Å². The Hall–Kier alpha value is -1.10. The fourth-order valence-electron chi connectivity index (χ4n) is 3.16. The van der Waals surface area contributed by atoms with Gasteiger partial charge in [-0.25, -0.2) is 0 Å². The summed E-state index contributed by atoms with van der Waals surface area (Å²) in [5.41, 5.74) is 6.95. The van der Waals surface area contributed by atoms with E-state index in [1.165, 1.54) is 0 Å². The molecule has 0 radical (unpaired) electrons. The minimum atomic E-state index is -0.334. The standard InChI is InChI=1S/C18H28N2O2.ClH/c1-13(16(19)14-8-4-3-5-9-14)17(22)20-12-18(2)11-7-6-10-15(18)21;/h3-5,8-9,13,15-16,21H,6-7,10-12,19H2,1-2H3,(H,20,22);1H. The zero-order chi connectivity index (χ0) is 16.2. The van der Waals surface area contributed by atoms with Crippen molar-refractivity contribution in [1.82, 2.24) is 5.32 Å². The Morgan fingerprint density at radius 1 is 1.39 bits per heavy atom. The lowest BCUT2D eigenvalue weighted by molar-refractivity contribution is -0.126. The molecule has 1 aromatic carbocycles. The third kappa shape index (κ3) is 4.93. The molecule has 1 saturated carbocycles. The summed E-state index contributed by atoms with van der Waals surface area (Å²) < 4.78 is 0. The lowest BCUT2D eigenvalue weighted by Gasteiger charge is -2.38. The Morgan fingerprint density at radius 2 is 2.04 bits per heavy atom. The van der Waals surface area contributed by atoms with Crippen LogP contribution >= 0.6 is 12.4 Å². The number of carbonyl (C=O) groups is 1. The van der Waals surface area contributed by atoms with E-state index in [4.69, 9.17) is 5.73 Å². The van der Waals surface area contributed by atoms with Gasteiger partial charge in [0.05, 0.1) is 12.0 Å². The van der Waals surface area contributed by atoms with Gasteiger partial charge in [-0.15, -0.1) is 12.4 Å².